The van der Waals surface area contributed by atoms with Crippen molar-refractivity contribution in [3.8, 4) is 5.88 Å². The molecular formula is C12H15NO2. The maximum Gasteiger partial charge on any atom is 0.213 e. The first-order chi connectivity index (χ1) is 7.16. The molecule has 0 amide bonds. The zero-order chi connectivity index (χ0) is 10.9. The molecule has 1 aliphatic rings. The fourth-order valence-corrected chi connectivity index (χ4v) is 1.82. The van der Waals surface area contributed by atoms with E-state index in [1.807, 2.05) is 18.2 Å². The predicted molar refractivity (Wildman–Crippen MR) is 56.8 cm³/mol. The molecule has 1 heterocycles. The Hall–Kier alpha value is -1.38. The highest BCUT2D eigenvalue weighted by Gasteiger charge is 2.47. The van der Waals surface area contributed by atoms with Crippen LogP contribution in [0.5, 0.6) is 5.88 Å². The Bertz CT molecular complexity index is 383. The molecule has 1 fully saturated rings. The van der Waals surface area contributed by atoms with E-state index in [0.717, 1.165) is 25.0 Å². The second kappa shape index (κ2) is 3.65. The lowest BCUT2D eigenvalue weighted by molar-refractivity contribution is -0.122. The van der Waals surface area contributed by atoms with E-state index in [9.17, 15) is 4.79 Å². The molecule has 3 nitrogen and oxygen atoms in total. The highest BCUT2D eigenvalue weighted by Crippen LogP contribution is 2.48. The van der Waals surface area contributed by atoms with Crippen LogP contribution in [-0.2, 0) is 11.2 Å². The normalized spacial score (nSPS) is 17.2. The third-order valence-electron chi connectivity index (χ3n) is 3.11. The third kappa shape index (κ3) is 2.01. The zero-order valence-corrected chi connectivity index (χ0v) is 9.12. The number of rotatable bonds is 4. The van der Waals surface area contributed by atoms with Crippen LogP contribution in [0.4, 0.5) is 0 Å². The van der Waals surface area contributed by atoms with E-state index in [4.69, 9.17) is 4.74 Å². The minimum Gasteiger partial charge on any atom is -0.481 e. The lowest BCUT2D eigenvalue weighted by Gasteiger charge is -2.10. The molecule has 0 saturated heterocycles. The maximum atomic E-state index is 11.4. The van der Waals surface area contributed by atoms with Gasteiger partial charge < -0.3 is 4.74 Å². The van der Waals surface area contributed by atoms with Gasteiger partial charge in [0.05, 0.1) is 7.11 Å². The monoisotopic (exact) mass is 205 g/mol. The van der Waals surface area contributed by atoms with Gasteiger partial charge in [-0.1, -0.05) is 6.07 Å². The van der Waals surface area contributed by atoms with Crippen molar-refractivity contribution in [3.63, 3.8) is 0 Å². The Morgan fingerprint density at radius 2 is 2.27 bits per heavy atom. The Labute approximate surface area is 89.5 Å². The molecule has 0 bridgehead atoms. The highest BCUT2D eigenvalue weighted by molar-refractivity contribution is 5.85. The van der Waals surface area contributed by atoms with Crippen molar-refractivity contribution in [1.29, 1.82) is 0 Å². The molecule has 0 unspecified atom stereocenters. The van der Waals surface area contributed by atoms with Gasteiger partial charge >= 0.3 is 0 Å². The van der Waals surface area contributed by atoms with Crippen LogP contribution in [0.3, 0.4) is 0 Å². The van der Waals surface area contributed by atoms with Crippen molar-refractivity contribution in [2.45, 2.75) is 26.2 Å². The summed E-state index contributed by atoms with van der Waals surface area (Å²) in [7, 11) is 1.60. The molecule has 1 aliphatic carbocycles. The quantitative estimate of drug-likeness (QED) is 0.754. The van der Waals surface area contributed by atoms with Crippen molar-refractivity contribution in [2.75, 3.05) is 7.11 Å². The lowest BCUT2D eigenvalue weighted by atomic mass is 9.96. The summed E-state index contributed by atoms with van der Waals surface area (Å²) < 4.78 is 5.05. The van der Waals surface area contributed by atoms with Crippen molar-refractivity contribution in [1.82, 2.24) is 4.98 Å². The first-order valence-corrected chi connectivity index (χ1v) is 5.17. The molecule has 0 atom stereocenters. The molecule has 15 heavy (non-hydrogen) atoms. The van der Waals surface area contributed by atoms with E-state index in [-0.39, 0.29) is 11.2 Å². The molecule has 0 aromatic carbocycles. The Morgan fingerprint density at radius 3 is 2.80 bits per heavy atom. The summed E-state index contributed by atoms with van der Waals surface area (Å²) in [6.07, 6.45) is 2.75. The van der Waals surface area contributed by atoms with Gasteiger partial charge in [0.25, 0.3) is 0 Å². The maximum absolute atomic E-state index is 11.4. The number of methoxy groups -OCH3 is 1. The topological polar surface area (TPSA) is 39.2 Å². The second-order valence-electron chi connectivity index (χ2n) is 4.18. The molecule has 0 aliphatic heterocycles. The van der Waals surface area contributed by atoms with Crippen LogP contribution < -0.4 is 4.74 Å². The van der Waals surface area contributed by atoms with E-state index in [0.29, 0.717) is 5.88 Å². The van der Waals surface area contributed by atoms with E-state index >= 15 is 0 Å². The predicted octanol–water partition coefficient (Wildman–Crippen LogP) is 2.00. The van der Waals surface area contributed by atoms with Gasteiger partial charge in [-0.2, -0.15) is 0 Å². The first kappa shape index (κ1) is 10.1. The molecule has 1 saturated carbocycles. The number of carbonyl (C=O) groups excluding carboxylic acids is 1. The van der Waals surface area contributed by atoms with E-state index in [1.165, 1.54) is 0 Å². The number of aromatic nitrogens is 1. The molecule has 0 radical (unpaired) electrons. The van der Waals surface area contributed by atoms with Crippen LogP contribution in [0.2, 0.25) is 0 Å². The smallest absolute Gasteiger partial charge is 0.213 e. The molecule has 1 aromatic rings. The van der Waals surface area contributed by atoms with Crippen LogP contribution in [0.25, 0.3) is 0 Å². The van der Waals surface area contributed by atoms with Crippen LogP contribution in [0.1, 0.15) is 25.5 Å². The summed E-state index contributed by atoms with van der Waals surface area (Å²) in [4.78, 5) is 15.8. The summed E-state index contributed by atoms with van der Waals surface area (Å²) >= 11 is 0. The number of pyridine rings is 1. The minimum absolute atomic E-state index is 0.112. The Balaban J connectivity index is 2.14. The van der Waals surface area contributed by atoms with Gasteiger partial charge in [-0.15, -0.1) is 0 Å². The average molecular weight is 205 g/mol. The van der Waals surface area contributed by atoms with Gasteiger partial charge in [0, 0.05) is 23.6 Å². The molecule has 0 N–H and O–H groups in total. The van der Waals surface area contributed by atoms with Crippen molar-refractivity contribution < 1.29 is 9.53 Å². The van der Waals surface area contributed by atoms with E-state index < -0.39 is 0 Å². The van der Waals surface area contributed by atoms with Gasteiger partial charge in [-0.25, -0.2) is 4.98 Å². The molecular weight excluding hydrogens is 190 g/mol. The van der Waals surface area contributed by atoms with Crippen LogP contribution in [0, 0.1) is 5.41 Å². The number of nitrogens with zero attached hydrogens (tertiary/aromatic N) is 1. The molecule has 1 aromatic heterocycles. The molecule has 80 valence electrons. The third-order valence-corrected chi connectivity index (χ3v) is 3.11. The van der Waals surface area contributed by atoms with Gasteiger partial charge in [0.15, 0.2) is 0 Å². The van der Waals surface area contributed by atoms with Crippen LogP contribution in [0.15, 0.2) is 18.2 Å². The number of ketones is 1. The first-order valence-electron chi connectivity index (χ1n) is 5.17. The number of ether oxygens (including phenoxy) is 1. The molecule has 2 rings (SSSR count). The van der Waals surface area contributed by atoms with Gasteiger partial charge in [-0.05, 0) is 25.8 Å². The molecule has 3 heteroatoms. The summed E-state index contributed by atoms with van der Waals surface area (Å²) in [5, 5.41) is 0. The Kier molecular flexibility index (Phi) is 2.47. The number of carbonyl (C=O) groups is 1. The fraction of sp³-hybridized carbons (Fsp3) is 0.500. The second-order valence-corrected chi connectivity index (χ2v) is 4.18. The number of Topliss-reactive ketones (excluding diaryl/α,β-unsaturated/α-hetero) is 1. The summed E-state index contributed by atoms with van der Waals surface area (Å²) in [5.74, 6) is 0.902. The average Bonchev–Trinajstić information content (AvgIpc) is 2.99. The lowest BCUT2D eigenvalue weighted by Crippen LogP contribution is -2.15. The zero-order valence-electron chi connectivity index (χ0n) is 9.12. The van der Waals surface area contributed by atoms with Crippen molar-refractivity contribution in [3.05, 3.63) is 23.9 Å². The van der Waals surface area contributed by atoms with Gasteiger partial charge in [0.1, 0.15) is 5.78 Å². The highest BCUT2D eigenvalue weighted by atomic mass is 16.5. The summed E-state index contributed by atoms with van der Waals surface area (Å²) in [6, 6.07) is 5.68. The number of hydrogen-bond donors (Lipinski definition) is 0. The van der Waals surface area contributed by atoms with Crippen molar-refractivity contribution >= 4 is 5.78 Å². The van der Waals surface area contributed by atoms with Crippen molar-refractivity contribution in [2.24, 2.45) is 5.41 Å². The largest absolute Gasteiger partial charge is 0.481 e. The molecule has 0 spiro atoms. The standard InChI is InChI=1S/C12H15NO2/c1-9(14)12(6-7-12)8-10-4-3-5-11(13-10)15-2/h3-5H,6-8H2,1-2H3. The van der Waals surface area contributed by atoms with Gasteiger partial charge in [-0.3, -0.25) is 4.79 Å². The minimum atomic E-state index is -0.112. The Morgan fingerprint density at radius 1 is 1.53 bits per heavy atom. The van der Waals surface area contributed by atoms with Crippen LogP contribution >= 0.6 is 0 Å². The summed E-state index contributed by atoms with van der Waals surface area (Å²) in [5.41, 5.74) is 0.835. The van der Waals surface area contributed by atoms with Gasteiger partial charge in [0.2, 0.25) is 5.88 Å². The summed E-state index contributed by atoms with van der Waals surface area (Å²) in [6.45, 7) is 1.67. The number of hydrogen-bond acceptors (Lipinski definition) is 3. The fourth-order valence-electron chi connectivity index (χ4n) is 1.82. The van der Waals surface area contributed by atoms with E-state index in [2.05, 4.69) is 4.98 Å². The van der Waals surface area contributed by atoms with E-state index in [1.54, 1.807) is 14.0 Å². The van der Waals surface area contributed by atoms with Crippen LogP contribution in [-0.4, -0.2) is 17.9 Å². The SMILES string of the molecule is COc1cccc(CC2(C(C)=O)CC2)n1.